The van der Waals surface area contributed by atoms with Crippen LogP contribution in [-0.4, -0.2) is 18.9 Å². The molecule has 1 heterocycles. The minimum absolute atomic E-state index is 0.233. The number of ketones is 1. The number of benzene rings is 1. The van der Waals surface area contributed by atoms with E-state index in [1.165, 1.54) is 11.3 Å². The van der Waals surface area contributed by atoms with Crippen molar-refractivity contribution in [2.75, 3.05) is 18.0 Å². The van der Waals surface area contributed by atoms with Crippen molar-refractivity contribution < 1.29 is 4.79 Å². The van der Waals surface area contributed by atoms with E-state index in [1.807, 2.05) is 6.07 Å². The van der Waals surface area contributed by atoms with E-state index in [4.69, 9.17) is 0 Å². The molecule has 0 N–H and O–H groups in total. The molecule has 68 valence electrons. The molecule has 0 aromatic heterocycles. The van der Waals surface area contributed by atoms with Gasteiger partial charge >= 0.3 is 0 Å². The van der Waals surface area contributed by atoms with Gasteiger partial charge in [-0.1, -0.05) is 18.2 Å². The van der Waals surface area contributed by atoms with E-state index in [-0.39, 0.29) is 5.78 Å². The van der Waals surface area contributed by atoms with Gasteiger partial charge in [-0.15, -0.1) is 0 Å². The lowest BCUT2D eigenvalue weighted by Crippen LogP contribution is -2.26. The normalized spacial score (nSPS) is 14.4. The van der Waals surface area contributed by atoms with Gasteiger partial charge in [0.1, 0.15) is 5.78 Å². The van der Waals surface area contributed by atoms with Gasteiger partial charge in [0.05, 0.1) is 6.54 Å². The summed E-state index contributed by atoms with van der Waals surface area (Å²) in [6.45, 7) is 3.18. The first-order chi connectivity index (χ1) is 6.27. The molecular weight excluding hydrogens is 162 g/mol. The Morgan fingerprint density at radius 3 is 3.00 bits per heavy atom. The minimum atomic E-state index is 0.233. The Morgan fingerprint density at radius 2 is 2.23 bits per heavy atom. The monoisotopic (exact) mass is 175 g/mol. The second kappa shape index (κ2) is 3.21. The lowest BCUT2D eigenvalue weighted by atomic mass is 10.2. The van der Waals surface area contributed by atoms with E-state index < -0.39 is 0 Å². The fraction of sp³-hybridized carbons (Fsp3) is 0.364. The third kappa shape index (κ3) is 1.57. The Labute approximate surface area is 78.2 Å². The second-order valence-electron chi connectivity index (χ2n) is 3.50. The quantitative estimate of drug-likeness (QED) is 0.681. The average Bonchev–Trinajstić information content (AvgIpc) is 2.48. The van der Waals surface area contributed by atoms with E-state index in [2.05, 4.69) is 23.1 Å². The Bertz CT molecular complexity index is 333. The molecule has 1 aromatic carbocycles. The number of hydrogen-bond acceptors (Lipinski definition) is 2. The molecule has 0 radical (unpaired) electrons. The van der Waals surface area contributed by atoms with Gasteiger partial charge in [0.25, 0.3) is 0 Å². The molecule has 0 bridgehead atoms. The van der Waals surface area contributed by atoms with Crippen LogP contribution in [0.2, 0.25) is 0 Å². The van der Waals surface area contributed by atoms with Crippen molar-refractivity contribution in [1.29, 1.82) is 0 Å². The predicted molar refractivity (Wildman–Crippen MR) is 53.0 cm³/mol. The molecule has 0 aliphatic carbocycles. The lowest BCUT2D eigenvalue weighted by Gasteiger charge is -2.16. The van der Waals surface area contributed by atoms with Crippen LogP contribution in [0.5, 0.6) is 0 Å². The van der Waals surface area contributed by atoms with E-state index >= 15 is 0 Å². The van der Waals surface area contributed by atoms with Crippen molar-refractivity contribution in [3.05, 3.63) is 29.8 Å². The molecule has 1 aliphatic heterocycles. The number of nitrogens with zero attached hydrogens (tertiary/aromatic N) is 1. The predicted octanol–water partition coefficient (Wildman–Crippen LogP) is 1.64. The van der Waals surface area contributed by atoms with Crippen molar-refractivity contribution >= 4 is 11.5 Å². The van der Waals surface area contributed by atoms with E-state index in [1.54, 1.807) is 6.92 Å². The molecule has 0 amide bonds. The van der Waals surface area contributed by atoms with Gasteiger partial charge in [-0.05, 0) is 25.0 Å². The maximum absolute atomic E-state index is 11.0. The fourth-order valence-electron chi connectivity index (χ4n) is 1.84. The first kappa shape index (κ1) is 8.30. The Morgan fingerprint density at radius 1 is 1.46 bits per heavy atom. The van der Waals surface area contributed by atoms with Crippen LogP contribution >= 0.6 is 0 Å². The topological polar surface area (TPSA) is 20.3 Å². The van der Waals surface area contributed by atoms with Crippen LogP contribution in [0, 0.1) is 0 Å². The summed E-state index contributed by atoms with van der Waals surface area (Å²) in [4.78, 5) is 13.1. The van der Waals surface area contributed by atoms with E-state index in [9.17, 15) is 4.79 Å². The summed E-state index contributed by atoms with van der Waals surface area (Å²) in [5.74, 6) is 0.233. The van der Waals surface area contributed by atoms with Gasteiger partial charge < -0.3 is 4.90 Å². The summed E-state index contributed by atoms with van der Waals surface area (Å²) in [5.41, 5.74) is 2.60. The van der Waals surface area contributed by atoms with Crippen LogP contribution in [-0.2, 0) is 11.2 Å². The standard InChI is InChI=1S/C11H13NO/c1-9(13)8-12-7-6-10-4-2-3-5-11(10)12/h2-5H,6-8H2,1H3. The first-order valence-corrected chi connectivity index (χ1v) is 4.59. The number of hydrogen-bond donors (Lipinski definition) is 0. The molecule has 0 atom stereocenters. The molecule has 1 aromatic rings. The van der Waals surface area contributed by atoms with Crippen LogP contribution in [0.15, 0.2) is 24.3 Å². The molecule has 13 heavy (non-hydrogen) atoms. The highest BCUT2D eigenvalue weighted by molar-refractivity contribution is 5.81. The Kier molecular flexibility index (Phi) is 2.05. The van der Waals surface area contributed by atoms with Gasteiger partial charge in [-0.25, -0.2) is 0 Å². The first-order valence-electron chi connectivity index (χ1n) is 4.59. The molecule has 0 fully saturated rings. The third-order valence-electron chi connectivity index (χ3n) is 2.40. The van der Waals surface area contributed by atoms with Crippen LogP contribution in [0.25, 0.3) is 0 Å². The number of para-hydroxylation sites is 1. The highest BCUT2D eigenvalue weighted by atomic mass is 16.1. The van der Waals surface area contributed by atoms with Crippen molar-refractivity contribution in [3.63, 3.8) is 0 Å². The number of carbonyl (C=O) groups is 1. The molecule has 0 saturated heterocycles. The Balaban J connectivity index is 2.23. The molecule has 2 rings (SSSR count). The molecule has 2 nitrogen and oxygen atoms in total. The van der Waals surface area contributed by atoms with Gasteiger partial charge in [0, 0.05) is 12.2 Å². The maximum Gasteiger partial charge on any atom is 0.149 e. The number of carbonyl (C=O) groups excluding carboxylic acids is 1. The fourth-order valence-corrected chi connectivity index (χ4v) is 1.84. The van der Waals surface area contributed by atoms with Crippen molar-refractivity contribution in [2.24, 2.45) is 0 Å². The average molecular weight is 175 g/mol. The SMILES string of the molecule is CC(=O)CN1CCc2ccccc21. The molecule has 0 spiro atoms. The van der Waals surface area contributed by atoms with Crippen LogP contribution in [0.1, 0.15) is 12.5 Å². The van der Waals surface area contributed by atoms with Gasteiger partial charge in [0.2, 0.25) is 0 Å². The van der Waals surface area contributed by atoms with Gasteiger partial charge in [0.15, 0.2) is 0 Å². The largest absolute Gasteiger partial charge is 0.364 e. The number of Topliss-reactive ketones (excluding diaryl/α,β-unsaturated/α-hetero) is 1. The zero-order valence-corrected chi connectivity index (χ0v) is 7.79. The molecule has 0 unspecified atom stereocenters. The number of fused-ring (bicyclic) bond motifs is 1. The van der Waals surface area contributed by atoms with Gasteiger partial charge in [-0.2, -0.15) is 0 Å². The van der Waals surface area contributed by atoms with E-state index in [0.29, 0.717) is 6.54 Å². The highest BCUT2D eigenvalue weighted by Gasteiger charge is 2.18. The number of anilines is 1. The number of rotatable bonds is 2. The minimum Gasteiger partial charge on any atom is -0.364 e. The summed E-state index contributed by atoms with van der Waals surface area (Å²) in [6.07, 6.45) is 1.07. The summed E-state index contributed by atoms with van der Waals surface area (Å²) in [5, 5.41) is 0. The summed E-state index contributed by atoms with van der Waals surface area (Å²) in [6, 6.07) is 8.30. The second-order valence-corrected chi connectivity index (χ2v) is 3.50. The third-order valence-corrected chi connectivity index (χ3v) is 2.40. The van der Waals surface area contributed by atoms with Crippen molar-refractivity contribution in [2.45, 2.75) is 13.3 Å². The molecule has 1 aliphatic rings. The smallest absolute Gasteiger partial charge is 0.149 e. The van der Waals surface area contributed by atoms with E-state index in [0.717, 1.165) is 13.0 Å². The Hall–Kier alpha value is -1.31. The van der Waals surface area contributed by atoms with Crippen molar-refractivity contribution in [1.82, 2.24) is 0 Å². The summed E-state index contributed by atoms with van der Waals surface area (Å²) >= 11 is 0. The maximum atomic E-state index is 11.0. The lowest BCUT2D eigenvalue weighted by molar-refractivity contribution is -0.115. The molecule has 0 saturated carbocycles. The zero-order chi connectivity index (χ0) is 9.26. The van der Waals surface area contributed by atoms with Gasteiger partial charge in [-0.3, -0.25) is 4.79 Å². The van der Waals surface area contributed by atoms with Crippen LogP contribution < -0.4 is 4.90 Å². The molecular formula is C11H13NO. The summed E-state index contributed by atoms with van der Waals surface area (Å²) in [7, 11) is 0. The van der Waals surface area contributed by atoms with Crippen LogP contribution in [0.3, 0.4) is 0 Å². The molecule has 2 heteroatoms. The van der Waals surface area contributed by atoms with Crippen molar-refractivity contribution in [3.8, 4) is 0 Å². The summed E-state index contributed by atoms with van der Waals surface area (Å²) < 4.78 is 0. The zero-order valence-electron chi connectivity index (χ0n) is 7.79. The van der Waals surface area contributed by atoms with Crippen LogP contribution in [0.4, 0.5) is 5.69 Å². The highest BCUT2D eigenvalue weighted by Crippen LogP contribution is 2.26.